The van der Waals surface area contributed by atoms with Crippen LogP contribution < -0.4 is 5.73 Å². The molecule has 68 valence electrons. The van der Waals surface area contributed by atoms with Gasteiger partial charge in [0.05, 0.1) is 0 Å². The molecule has 0 fully saturated rings. The summed E-state index contributed by atoms with van der Waals surface area (Å²) in [4.78, 5) is 0. The second-order valence-electron chi connectivity index (χ2n) is 3.25. The second kappa shape index (κ2) is 3.94. The molecule has 0 aliphatic carbocycles. The van der Waals surface area contributed by atoms with E-state index in [9.17, 15) is 0 Å². The Morgan fingerprint density at radius 2 is 2.00 bits per heavy atom. The fraction of sp³-hybridized carbons (Fsp3) is 0.167. The lowest BCUT2D eigenvalue weighted by Crippen LogP contribution is -1.88. The highest BCUT2D eigenvalue weighted by atomic mass is 14.5. The van der Waals surface area contributed by atoms with Gasteiger partial charge in [-0.25, -0.2) is 0 Å². The van der Waals surface area contributed by atoms with E-state index in [1.807, 2.05) is 12.2 Å². The third-order valence-corrected chi connectivity index (χ3v) is 2.02. The Morgan fingerprint density at radius 3 is 2.54 bits per heavy atom. The molecule has 1 nitrogen and oxygen atoms in total. The minimum atomic E-state index is 0.582. The van der Waals surface area contributed by atoms with Gasteiger partial charge in [0.2, 0.25) is 0 Å². The molecule has 1 aromatic rings. The van der Waals surface area contributed by atoms with Crippen molar-refractivity contribution < 1.29 is 0 Å². The van der Waals surface area contributed by atoms with Gasteiger partial charge in [-0.2, -0.15) is 0 Å². The maximum Gasteiger partial charge on any atom is 0.0241 e. The van der Waals surface area contributed by atoms with Crippen LogP contribution in [0, 0.1) is 13.8 Å². The number of aryl methyl sites for hydroxylation is 2. The average molecular weight is 173 g/mol. The molecule has 0 aliphatic rings. The molecule has 13 heavy (non-hydrogen) atoms. The Labute approximate surface area is 79.6 Å². The molecule has 0 unspecified atom stereocenters. The van der Waals surface area contributed by atoms with E-state index < -0.39 is 0 Å². The summed E-state index contributed by atoms with van der Waals surface area (Å²) in [7, 11) is 0. The largest absolute Gasteiger partial charge is 0.399 e. The fourth-order valence-electron chi connectivity index (χ4n) is 1.07. The molecule has 0 spiro atoms. The van der Waals surface area contributed by atoms with Crippen molar-refractivity contribution in [2.75, 3.05) is 0 Å². The Hall–Kier alpha value is -1.50. The van der Waals surface area contributed by atoms with E-state index in [0.29, 0.717) is 5.70 Å². The Morgan fingerprint density at radius 1 is 1.31 bits per heavy atom. The van der Waals surface area contributed by atoms with Gasteiger partial charge in [0.1, 0.15) is 0 Å². The first-order chi connectivity index (χ1) is 6.09. The lowest BCUT2D eigenvalue weighted by molar-refractivity contribution is 1.33. The molecule has 1 aromatic carbocycles. The van der Waals surface area contributed by atoms with E-state index in [1.165, 1.54) is 11.1 Å². The van der Waals surface area contributed by atoms with Gasteiger partial charge in [0.15, 0.2) is 0 Å². The monoisotopic (exact) mass is 173 g/mol. The van der Waals surface area contributed by atoms with Crippen molar-refractivity contribution in [3.63, 3.8) is 0 Å². The van der Waals surface area contributed by atoms with Crippen LogP contribution in [0.2, 0.25) is 0 Å². The Kier molecular flexibility index (Phi) is 2.91. The summed E-state index contributed by atoms with van der Waals surface area (Å²) in [5, 5.41) is 0. The lowest BCUT2D eigenvalue weighted by atomic mass is 10.1. The molecule has 0 heterocycles. The smallest absolute Gasteiger partial charge is 0.0241 e. The number of hydrogen-bond donors (Lipinski definition) is 1. The molecule has 0 radical (unpaired) electrons. The zero-order valence-corrected chi connectivity index (χ0v) is 8.17. The number of benzene rings is 1. The van der Waals surface area contributed by atoms with E-state index in [0.717, 1.165) is 5.56 Å². The summed E-state index contributed by atoms with van der Waals surface area (Å²) in [6.45, 7) is 7.80. The van der Waals surface area contributed by atoms with Crippen molar-refractivity contribution in [1.82, 2.24) is 0 Å². The summed E-state index contributed by atoms with van der Waals surface area (Å²) >= 11 is 0. The van der Waals surface area contributed by atoms with Gasteiger partial charge in [-0.15, -0.1) is 0 Å². The molecule has 0 aliphatic heterocycles. The number of hydrogen-bond acceptors (Lipinski definition) is 1. The van der Waals surface area contributed by atoms with Crippen LogP contribution in [0.25, 0.3) is 6.08 Å². The van der Waals surface area contributed by atoms with Crippen LogP contribution in [0.5, 0.6) is 0 Å². The van der Waals surface area contributed by atoms with Crippen molar-refractivity contribution in [3.05, 3.63) is 53.2 Å². The van der Waals surface area contributed by atoms with E-state index in [-0.39, 0.29) is 0 Å². The number of rotatable bonds is 2. The van der Waals surface area contributed by atoms with Crippen molar-refractivity contribution in [2.24, 2.45) is 5.73 Å². The third-order valence-electron chi connectivity index (χ3n) is 2.02. The molecule has 0 atom stereocenters. The maximum atomic E-state index is 5.43. The Bertz CT molecular complexity index is 348. The minimum absolute atomic E-state index is 0.582. The van der Waals surface area contributed by atoms with Gasteiger partial charge in [0.25, 0.3) is 0 Å². The van der Waals surface area contributed by atoms with Crippen molar-refractivity contribution in [1.29, 1.82) is 0 Å². The quantitative estimate of drug-likeness (QED) is 0.684. The van der Waals surface area contributed by atoms with E-state index in [2.05, 4.69) is 38.6 Å². The maximum absolute atomic E-state index is 5.43. The second-order valence-corrected chi connectivity index (χ2v) is 3.25. The zero-order valence-electron chi connectivity index (χ0n) is 8.17. The first-order valence-corrected chi connectivity index (χ1v) is 4.29. The van der Waals surface area contributed by atoms with Crippen LogP contribution in [0.15, 0.2) is 36.6 Å². The predicted molar refractivity (Wildman–Crippen MR) is 58.3 cm³/mol. The lowest BCUT2D eigenvalue weighted by Gasteiger charge is -2.00. The normalized spacial score (nSPS) is 10.6. The van der Waals surface area contributed by atoms with Crippen LogP contribution in [-0.4, -0.2) is 0 Å². The molecule has 2 N–H and O–H groups in total. The van der Waals surface area contributed by atoms with Crippen LogP contribution >= 0.6 is 0 Å². The summed E-state index contributed by atoms with van der Waals surface area (Å²) in [6.07, 6.45) is 3.78. The molecule has 0 saturated carbocycles. The first kappa shape index (κ1) is 9.59. The van der Waals surface area contributed by atoms with E-state index >= 15 is 0 Å². The highest BCUT2D eigenvalue weighted by Crippen LogP contribution is 2.11. The van der Waals surface area contributed by atoms with E-state index in [4.69, 9.17) is 5.73 Å². The SMILES string of the molecule is C=C(N)/C=C/c1ccc(C)c(C)c1. The van der Waals surface area contributed by atoms with Crippen molar-refractivity contribution in [2.45, 2.75) is 13.8 Å². The fourth-order valence-corrected chi connectivity index (χ4v) is 1.07. The molecule has 0 aromatic heterocycles. The van der Waals surface area contributed by atoms with E-state index in [1.54, 1.807) is 0 Å². The summed E-state index contributed by atoms with van der Waals surface area (Å²) in [5.41, 5.74) is 9.78. The predicted octanol–water partition coefficient (Wildman–Crippen LogP) is 2.79. The molecular weight excluding hydrogens is 158 g/mol. The molecule has 0 bridgehead atoms. The molecule has 0 amide bonds. The van der Waals surface area contributed by atoms with Gasteiger partial charge in [-0.1, -0.05) is 30.9 Å². The first-order valence-electron chi connectivity index (χ1n) is 4.29. The van der Waals surface area contributed by atoms with Crippen LogP contribution in [0.1, 0.15) is 16.7 Å². The average Bonchev–Trinajstić information content (AvgIpc) is 2.07. The van der Waals surface area contributed by atoms with Gasteiger partial charge in [-0.05, 0) is 36.6 Å². The molecule has 0 saturated heterocycles. The van der Waals surface area contributed by atoms with Crippen LogP contribution in [0.4, 0.5) is 0 Å². The zero-order chi connectivity index (χ0) is 9.84. The highest BCUT2D eigenvalue weighted by Gasteiger charge is 1.92. The van der Waals surface area contributed by atoms with Crippen LogP contribution in [-0.2, 0) is 0 Å². The topological polar surface area (TPSA) is 26.0 Å². The summed E-state index contributed by atoms with van der Waals surface area (Å²) < 4.78 is 0. The van der Waals surface area contributed by atoms with Gasteiger partial charge < -0.3 is 5.73 Å². The summed E-state index contributed by atoms with van der Waals surface area (Å²) in [6, 6.07) is 6.31. The third kappa shape index (κ3) is 2.79. The highest BCUT2D eigenvalue weighted by molar-refractivity contribution is 5.54. The number of allylic oxidation sites excluding steroid dienone is 1. The van der Waals surface area contributed by atoms with Crippen molar-refractivity contribution in [3.8, 4) is 0 Å². The minimum Gasteiger partial charge on any atom is -0.399 e. The molecule has 1 heteroatoms. The Balaban J connectivity index is 2.92. The van der Waals surface area contributed by atoms with Gasteiger partial charge in [-0.3, -0.25) is 0 Å². The summed E-state index contributed by atoms with van der Waals surface area (Å²) in [5.74, 6) is 0. The molecule has 1 rings (SSSR count). The number of nitrogens with two attached hydrogens (primary N) is 1. The van der Waals surface area contributed by atoms with Crippen LogP contribution in [0.3, 0.4) is 0 Å². The molecular formula is C12H15N. The van der Waals surface area contributed by atoms with Gasteiger partial charge in [0, 0.05) is 5.70 Å². The van der Waals surface area contributed by atoms with Crippen molar-refractivity contribution >= 4 is 6.08 Å². The standard InChI is InChI=1S/C12H15N/c1-9-4-6-12(8-10(9)2)7-5-11(3)13/h4-8H,3,13H2,1-2H3/b7-5+. The van der Waals surface area contributed by atoms with Gasteiger partial charge >= 0.3 is 0 Å².